The number of carbonyl (C=O) groups excluding carboxylic acids is 2. The highest BCUT2D eigenvalue weighted by Crippen LogP contribution is 2.61. The summed E-state index contributed by atoms with van der Waals surface area (Å²) in [5.41, 5.74) is 5.13. The van der Waals surface area contributed by atoms with Crippen LogP contribution in [0.25, 0.3) is 0 Å². The summed E-state index contributed by atoms with van der Waals surface area (Å²) < 4.78 is 28.0. The molecule has 8 rings (SSSR count). The Morgan fingerprint density at radius 2 is 1.22 bits per heavy atom. The summed E-state index contributed by atoms with van der Waals surface area (Å²) in [5.74, 6) is 6.90. The van der Waals surface area contributed by atoms with E-state index in [0.717, 1.165) is 91.9 Å². The van der Waals surface area contributed by atoms with Crippen molar-refractivity contribution < 1.29 is 27.3 Å². The van der Waals surface area contributed by atoms with E-state index in [1.54, 1.807) is 23.5 Å². The van der Waals surface area contributed by atoms with Gasteiger partial charge in [0.1, 0.15) is 17.3 Å². The number of phenolic OH excluding ortho intramolecular Hbond substituents is 1. The molecule has 6 unspecified atom stereocenters. The summed E-state index contributed by atoms with van der Waals surface area (Å²) >= 11 is 3.30. The van der Waals surface area contributed by atoms with Crippen LogP contribution in [-0.4, -0.2) is 36.6 Å². The Morgan fingerprint density at radius 3 is 1.72 bits per heavy atom. The second kappa shape index (κ2) is 13.8. The molecule has 2 aromatic carbocycles. The van der Waals surface area contributed by atoms with Crippen LogP contribution < -0.4 is 9.32 Å². The van der Waals surface area contributed by atoms with Crippen LogP contribution in [0, 0.1) is 34.5 Å². The number of nitrogens with two attached hydrogens (primary N) is 1. The summed E-state index contributed by atoms with van der Waals surface area (Å²) in [5, 5.41) is 15.4. The molecule has 7 nitrogen and oxygen atoms in total. The Bertz CT molecular complexity index is 1790. The molecule has 2 aromatic rings. The van der Waals surface area contributed by atoms with Gasteiger partial charge in [0, 0.05) is 28.6 Å². The van der Waals surface area contributed by atoms with Crippen molar-refractivity contribution in [3.8, 4) is 11.5 Å². The molecule has 272 valence electrons. The van der Waals surface area contributed by atoms with Crippen molar-refractivity contribution in [1.29, 1.82) is 0 Å². The van der Waals surface area contributed by atoms with Crippen LogP contribution in [0.1, 0.15) is 126 Å². The van der Waals surface area contributed by atoms with Gasteiger partial charge in [-0.15, -0.1) is 23.5 Å². The molecule has 0 spiro atoms. The summed E-state index contributed by atoms with van der Waals surface area (Å²) in [4.78, 5) is 26.7. The molecule has 0 aromatic heterocycles. The molecule has 0 amide bonds. The van der Waals surface area contributed by atoms with Gasteiger partial charge in [-0.3, -0.25) is 9.59 Å². The highest BCUT2D eigenvalue weighted by atomic mass is 32.2. The molecule has 8 atom stereocenters. The zero-order valence-corrected chi connectivity index (χ0v) is 32.4. The minimum absolute atomic E-state index is 0.0451. The average molecular weight is 740 g/mol. The third-order valence-corrected chi connectivity index (χ3v) is 16.1. The SMILES string of the molecule is CCSc1cc2c(cc1O)CCC1C2CC[C@]2(C)C(=O)CCC12.CCSc1cc2c(cc1OS(N)(=O)=O)CCC1C2CC[C@]2(C)C(=O)CCC12. The Hall–Kier alpha value is -2.01. The fourth-order valence-electron chi connectivity index (χ4n) is 11.4. The van der Waals surface area contributed by atoms with Gasteiger partial charge in [-0.2, -0.15) is 13.6 Å². The van der Waals surface area contributed by atoms with Crippen molar-refractivity contribution in [2.75, 3.05) is 11.5 Å². The number of phenols is 1. The molecule has 3 N–H and O–H groups in total. The number of ketones is 2. The molecule has 4 fully saturated rings. The van der Waals surface area contributed by atoms with Gasteiger partial charge >= 0.3 is 10.3 Å². The lowest BCUT2D eigenvalue weighted by atomic mass is 9.55. The highest BCUT2D eigenvalue weighted by molar-refractivity contribution is 7.99. The van der Waals surface area contributed by atoms with Crippen molar-refractivity contribution >= 4 is 45.4 Å². The molecule has 0 bridgehead atoms. The molecular formula is C40H53NO6S3. The second-order valence-electron chi connectivity index (χ2n) is 16.1. The van der Waals surface area contributed by atoms with Crippen LogP contribution in [0.4, 0.5) is 0 Å². The summed E-state index contributed by atoms with van der Waals surface area (Å²) in [6.45, 7) is 8.57. The smallest absolute Gasteiger partial charge is 0.380 e. The summed E-state index contributed by atoms with van der Waals surface area (Å²) in [6, 6.07) is 8.27. The lowest BCUT2D eigenvalue weighted by Gasteiger charge is -2.48. The van der Waals surface area contributed by atoms with Crippen LogP contribution in [0.5, 0.6) is 11.5 Å². The first kappa shape index (κ1) is 36.4. The lowest BCUT2D eigenvalue weighted by Crippen LogP contribution is -2.42. The van der Waals surface area contributed by atoms with Gasteiger partial charge in [-0.25, -0.2) is 0 Å². The van der Waals surface area contributed by atoms with E-state index in [2.05, 4.69) is 32.9 Å². The van der Waals surface area contributed by atoms with Gasteiger partial charge in [0.25, 0.3) is 0 Å². The van der Waals surface area contributed by atoms with Crippen LogP contribution in [0.3, 0.4) is 0 Å². The van der Waals surface area contributed by atoms with E-state index in [9.17, 15) is 23.1 Å². The zero-order chi connectivity index (χ0) is 35.6. The number of hydrogen-bond donors (Lipinski definition) is 2. The number of benzene rings is 2. The fourth-order valence-corrected chi connectivity index (χ4v) is 13.4. The topological polar surface area (TPSA) is 124 Å². The van der Waals surface area contributed by atoms with Gasteiger partial charge in [-0.05, 0) is 158 Å². The molecule has 0 radical (unpaired) electrons. The van der Waals surface area contributed by atoms with E-state index in [1.165, 1.54) is 28.7 Å². The molecule has 6 aliphatic rings. The van der Waals surface area contributed by atoms with Crippen molar-refractivity contribution in [3.05, 3.63) is 46.5 Å². The maximum atomic E-state index is 12.5. The predicted molar refractivity (Wildman–Crippen MR) is 200 cm³/mol. The summed E-state index contributed by atoms with van der Waals surface area (Å²) in [7, 11) is -4.04. The second-order valence-corrected chi connectivity index (χ2v) is 19.9. The quantitative estimate of drug-likeness (QED) is 0.282. The van der Waals surface area contributed by atoms with Crippen molar-refractivity contribution in [2.45, 2.75) is 126 Å². The molecule has 50 heavy (non-hydrogen) atoms. The van der Waals surface area contributed by atoms with Gasteiger partial charge < -0.3 is 9.29 Å². The maximum Gasteiger partial charge on any atom is 0.380 e. The number of fused-ring (bicyclic) bond motifs is 10. The largest absolute Gasteiger partial charge is 0.507 e. The van der Waals surface area contributed by atoms with E-state index in [0.29, 0.717) is 58.6 Å². The Morgan fingerprint density at radius 1 is 0.740 bits per heavy atom. The van der Waals surface area contributed by atoms with E-state index in [4.69, 9.17) is 9.32 Å². The maximum absolute atomic E-state index is 12.5. The molecular weight excluding hydrogens is 687 g/mol. The Kier molecular flexibility index (Phi) is 10.0. The normalized spacial score (nSPS) is 33.9. The van der Waals surface area contributed by atoms with Gasteiger partial charge in [0.05, 0.1) is 4.90 Å². The first-order valence-electron chi connectivity index (χ1n) is 18.8. The van der Waals surface area contributed by atoms with Gasteiger partial charge in [-0.1, -0.05) is 27.7 Å². The molecule has 0 heterocycles. The summed E-state index contributed by atoms with van der Waals surface area (Å²) in [6.07, 6.45) is 12.0. The number of thioether (sulfide) groups is 2. The van der Waals surface area contributed by atoms with Crippen LogP contribution in [0.2, 0.25) is 0 Å². The monoisotopic (exact) mass is 739 g/mol. The molecule has 0 aliphatic heterocycles. The van der Waals surface area contributed by atoms with E-state index in [-0.39, 0.29) is 10.8 Å². The molecule has 6 aliphatic carbocycles. The minimum Gasteiger partial charge on any atom is -0.507 e. The van der Waals surface area contributed by atoms with Crippen molar-refractivity contribution in [2.24, 2.45) is 39.6 Å². The van der Waals surface area contributed by atoms with Gasteiger partial charge in [0.2, 0.25) is 0 Å². The molecule has 10 heteroatoms. The van der Waals surface area contributed by atoms with Crippen molar-refractivity contribution in [3.63, 3.8) is 0 Å². The molecule has 4 saturated carbocycles. The van der Waals surface area contributed by atoms with Crippen LogP contribution in [0.15, 0.2) is 34.1 Å². The number of Topliss-reactive ketones (excluding diaryl/α,β-unsaturated/α-hetero) is 2. The standard InChI is InChI=1S/C20H27NO4S2.C20H26O2S/c1-3-26-18-11-15-12(10-17(18)25-27(21,23)24)4-5-14-13(15)8-9-20(2)16(14)6-7-19(20)22;1-3-23-18-11-15-12(10-17(18)21)4-5-14-13(15)8-9-20(2)16(14)6-7-19(20)22/h10-11,13-14,16H,3-9H2,1-2H3,(H2,21,23,24);10-11,13-14,16,21H,3-9H2,1-2H3/t2*13?,14?,16?,20-/m00/s1. The number of rotatable bonds is 6. The fraction of sp³-hybridized carbons (Fsp3) is 0.650. The van der Waals surface area contributed by atoms with E-state index >= 15 is 0 Å². The first-order chi connectivity index (χ1) is 23.8. The van der Waals surface area contributed by atoms with Crippen LogP contribution >= 0.6 is 23.5 Å². The van der Waals surface area contributed by atoms with Crippen LogP contribution in [-0.2, 0) is 32.7 Å². The number of carbonyl (C=O) groups is 2. The molecule has 0 saturated heterocycles. The Balaban J connectivity index is 0.000000159. The average Bonchev–Trinajstić information content (AvgIpc) is 3.55. The third kappa shape index (κ3) is 6.36. The van der Waals surface area contributed by atoms with E-state index in [1.807, 2.05) is 19.1 Å². The highest BCUT2D eigenvalue weighted by Gasteiger charge is 2.56. The predicted octanol–water partition coefficient (Wildman–Crippen LogP) is 8.74. The number of aryl methyl sites for hydroxylation is 2. The third-order valence-electron chi connectivity index (χ3n) is 13.8. The van der Waals surface area contributed by atoms with E-state index < -0.39 is 10.3 Å². The first-order valence-corrected chi connectivity index (χ1v) is 22.3. The minimum atomic E-state index is -4.04. The van der Waals surface area contributed by atoms with Crippen molar-refractivity contribution in [1.82, 2.24) is 0 Å². The number of aromatic hydroxyl groups is 1. The van der Waals surface area contributed by atoms with Gasteiger partial charge in [0.15, 0.2) is 5.75 Å². The lowest BCUT2D eigenvalue weighted by molar-refractivity contribution is -0.130. The Labute approximate surface area is 306 Å². The zero-order valence-electron chi connectivity index (χ0n) is 30.0. The number of hydrogen-bond acceptors (Lipinski definition) is 8.